The van der Waals surface area contributed by atoms with Gasteiger partial charge in [0.05, 0.1) is 23.3 Å². The molecule has 198 valence electrons. The first kappa shape index (κ1) is 27.0. The summed E-state index contributed by atoms with van der Waals surface area (Å²) >= 11 is 5.89. The molecular formula is C27H34ClN5O4. The second-order valence-electron chi connectivity index (χ2n) is 9.84. The van der Waals surface area contributed by atoms with Gasteiger partial charge >= 0.3 is 5.97 Å². The van der Waals surface area contributed by atoms with Crippen molar-refractivity contribution in [1.29, 1.82) is 0 Å². The molecule has 0 bridgehead atoms. The standard InChI is InChI=1S/C27H34ClN5O4/c28-19-7-8-21(30-15-19)16-31-26(36)23(10-11-25(34)35)32-13-12-22(9-6-18-4-2-1-3-5-18)33-17-20(29)14-24(33)27(32)37/h1-5,7-8,15,20,22-24H,6,9-14,16-17,29H2,(H,31,36)(H,34,35)/t20-,22?,23-,24+/m1/s1. The minimum absolute atomic E-state index is 0.0361. The first-order chi connectivity index (χ1) is 17.8. The van der Waals surface area contributed by atoms with Crippen molar-refractivity contribution in [2.45, 2.75) is 69.2 Å². The van der Waals surface area contributed by atoms with Gasteiger partial charge in [0.2, 0.25) is 11.8 Å². The second kappa shape index (κ2) is 12.5. The van der Waals surface area contributed by atoms with E-state index >= 15 is 0 Å². The van der Waals surface area contributed by atoms with Gasteiger partial charge in [-0.1, -0.05) is 41.9 Å². The third-order valence-electron chi connectivity index (χ3n) is 7.26. The van der Waals surface area contributed by atoms with Gasteiger partial charge in [-0.2, -0.15) is 0 Å². The summed E-state index contributed by atoms with van der Waals surface area (Å²) in [7, 11) is 0. The van der Waals surface area contributed by atoms with Gasteiger partial charge < -0.3 is 21.1 Å². The number of benzene rings is 1. The second-order valence-corrected chi connectivity index (χ2v) is 10.3. The van der Waals surface area contributed by atoms with Crippen LogP contribution in [0.3, 0.4) is 0 Å². The Kier molecular flexibility index (Phi) is 9.13. The molecule has 4 rings (SSSR count). The normalized spacial score (nSPS) is 22.8. The Bertz CT molecular complexity index is 1080. The third kappa shape index (κ3) is 7.06. The number of carbonyl (C=O) groups excluding carboxylic acids is 2. The van der Waals surface area contributed by atoms with Crippen molar-refractivity contribution in [1.82, 2.24) is 20.1 Å². The maximum atomic E-state index is 13.8. The molecular weight excluding hydrogens is 494 g/mol. The van der Waals surface area contributed by atoms with Gasteiger partial charge in [0.25, 0.3) is 0 Å². The predicted molar refractivity (Wildman–Crippen MR) is 140 cm³/mol. The number of carboxylic acid groups (broad SMARTS) is 1. The summed E-state index contributed by atoms with van der Waals surface area (Å²) in [6, 6.07) is 12.4. The maximum absolute atomic E-state index is 13.8. The van der Waals surface area contributed by atoms with Gasteiger partial charge in [0, 0.05) is 37.8 Å². The van der Waals surface area contributed by atoms with Crippen molar-refractivity contribution in [3.63, 3.8) is 0 Å². The third-order valence-corrected chi connectivity index (χ3v) is 7.49. The van der Waals surface area contributed by atoms with Crippen LogP contribution >= 0.6 is 11.6 Å². The van der Waals surface area contributed by atoms with Gasteiger partial charge in [0.1, 0.15) is 6.04 Å². The molecule has 2 aromatic rings. The van der Waals surface area contributed by atoms with E-state index in [0.717, 1.165) is 12.8 Å². The van der Waals surface area contributed by atoms with E-state index in [2.05, 4.69) is 27.3 Å². The van der Waals surface area contributed by atoms with Crippen molar-refractivity contribution < 1.29 is 19.5 Å². The highest BCUT2D eigenvalue weighted by Gasteiger charge is 2.45. The number of nitrogens with two attached hydrogens (primary N) is 1. The minimum Gasteiger partial charge on any atom is -0.481 e. The zero-order chi connectivity index (χ0) is 26.4. The molecule has 4 atom stereocenters. The number of aryl methyl sites for hydroxylation is 1. The average molecular weight is 528 g/mol. The number of rotatable bonds is 10. The van der Waals surface area contributed by atoms with Crippen molar-refractivity contribution in [2.24, 2.45) is 5.73 Å². The molecule has 1 aromatic heterocycles. The Morgan fingerprint density at radius 2 is 2.00 bits per heavy atom. The lowest BCUT2D eigenvalue weighted by Crippen LogP contribution is -2.53. The molecule has 1 aromatic carbocycles. The van der Waals surface area contributed by atoms with Gasteiger partial charge in [-0.05, 0) is 49.8 Å². The van der Waals surface area contributed by atoms with Crippen molar-refractivity contribution in [3.8, 4) is 0 Å². The number of amides is 2. The number of hydrogen-bond acceptors (Lipinski definition) is 6. The van der Waals surface area contributed by atoms with Gasteiger partial charge in [0.15, 0.2) is 0 Å². The number of carbonyl (C=O) groups is 3. The number of pyridine rings is 1. The van der Waals surface area contributed by atoms with E-state index in [1.54, 1.807) is 17.0 Å². The van der Waals surface area contributed by atoms with Crippen LogP contribution in [0.4, 0.5) is 0 Å². The van der Waals surface area contributed by atoms with Crippen molar-refractivity contribution in [2.75, 3.05) is 13.1 Å². The van der Waals surface area contributed by atoms with E-state index < -0.39 is 18.1 Å². The molecule has 0 spiro atoms. The molecule has 3 heterocycles. The Labute approximate surface area is 222 Å². The summed E-state index contributed by atoms with van der Waals surface area (Å²) in [5.41, 5.74) is 8.15. The lowest BCUT2D eigenvalue weighted by molar-refractivity contribution is -0.144. The Morgan fingerprint density at radius 3 is 2.70 bits per heavy atom. The summed E-state index contributed by atoms with van der Waals surface area (Å²) in [5, 5.41) is 12.6. The molecule has 0 aliphatic carbocycles. The molecule has 1 unspecified atom stereocenters. The fraction of sp³-hybridized carbons (Fsp3) is 0.481. The number of halogens is 1. The molecule has 2 aliphatic heterocycles. The quantitative estimate of drug-likeness (QED) is 0.432. The molecule has 2 amide bonds. The molecule has 2 saturated heterocycles. The monoisotopic (exact) mass is 527 g/mol. The highest BCUT2D eigenvalue weighted by molar-refractivity contribution is 6.30. The van der Waals surface area contributed by atoms with Crippen LogP contribution in [0, 0.1) is 0 Å². The molecule has 0 radical (unpaired) electrons. The zero-order valence-electron chi connectivity index (χ0n) is 20.8. The lowest BCUT2D eigenvalue weighted by Gasteiger charge is -2.32. The SMILES string of the molecule is N[C@@H]1C[C@H]2C(=O)N([C@H](CCC(=O)O)C(=O)NCc3ccc(Cl)cn3)CCC(CCc3ccccc3)N2C1. The van der Waals surface area contributed by atoms with Crippen LogP contribution in [-0.4, -0.2) is 74.9 Å². The van der Waals surface area contributed by atoms with Gasteiger partial charge in [-0.3, -0.25) is 24.3 Å². The number of carboxylic acids is 1. The predicted octanol–water partition coefficient (Wildman–Crippen LogP) is 2.22. The molecule has 37 heavy (non-hydrogen) atoms. The highest BCUT2D eigenvalue weighted by atomic mass is 35.5. The number of hydrogen-bond donors (Lipinski definition) is 3. The first-order valence-electron chi connectivity index (χ1n) is 12.8. The Balaban J connectivity index is 1.50. The maximum Gasteiger partial charge on any atom is 0.303 e. The number of aliphatic carboxylic acids is 1. The van der Waals surface area contributed by atoms with Gasteiger partial charge in [-0.25, -0.2) is 0 Å². The summed E-state index contributed by atoms with van der Waals surface area (Å²) < 4.78 is 0. The Morgan fingerprint density at radius 1 is 1.22 bits per heavy atom. The van der Waals surface area contributed by atoms with Crippen LogP contribution in [-0.2, 0) is 27.3 Å². The zero-order valence-corrected chi connectivity index (χ0v) is 21.5. The number of nitrogens with one attached hydrogen (secondary N) is 1. The fourth-order valence-electron chi connectivity index (χ4n) is 5.39. The summed E-state index contributed by atoms with van der Waals surface area (Å²) in [5.74, 6) is -1.54. The lowest BCUT2D eigenvalue weighted by atomic mass is 10.0. The topological polar surface area (TPSA) is 129 Å². The van der Waals surface area contributed by atoms with E-state index in [0.29, 0.717) is 36.6 Å². The molecule has 2 aliphatic rings. The Hall–Kier alpha value is -3.01. The highest BCUT2D eigenvalue weighted by Crippen LogP contribution is 2.30. The van der Waals surface area contributed by atoms with E-state index in [-0.39, 0.29) is 43.3 Å². The largest absolute Gasteiger partial charge is 0.481 e. The minimum atomic E-state index is -1.01. The van der Waals surface area contributed by atoms with Crippen LogP contribution in [0.2, 0.25) is 5.02 Å². The summed E-state index contributed by atoms with van der Waals surface area (Å²) in [6.07, 6.45) is 4.30. The van der Waals surface area contributed by atoms with Crippen molar-refractivity contribution >= 4 is 29.4 Å². The van der Waals surface area contributed by atoms with Crippen LogP contribution < -0.4 is 11.1 Å². The fourth-order valence-corrected chi connectivity index (χ4v) is 5.50. The summed E-state index contributed by atoms with van der Waals surface area (Å²) in [4.78, 5) is 46.5. The molecule has 9 nitrogen and oxygen atoms in total. The van der Waals surface area contributed by atoms with Crippen molar-refractivity contribution in [3.05, 3.63) is 64.9 Å². The van der Waals surface area contributed by atoms with E-state index in [9.17, 15) is 19.5 Å². The molecule has 2 fully saturated rings. The van der Waals surface area contributed by atoms with E-state index in [1.807, 2.05) is 18.2 Å². The smallest absolute Gasteiger partial charge is 0.303 e. The van der Waals surface area contributed by atoms with Gasteiger partial charge in [-0.15, -0.1) is 0 Å². The van der Waals surface area contributed by atoms with E-state index in [4.69, 9.17) is 17.3 Å². The first-order valence-corrected chi connectivity index (χ1v) is 13.1. The molecule has 10 heteroatoms. The molecule has 0 saturated carbocycles. The number of nitrogens with zero attached hydrogens (tertiary/aromatic N) is 3. The average Bonchev–Trinajstić information content (AvgIpc) is 3.23. The van der Waals surface area contributed by atoms with Crippen LogP contribution in [0.1, 0.15) is 43.4 Å². The summed E-state index contributed by atoms with van der Waals surface area (Å²) in [6.45, 7) is 1.18. The van der Waals surface area contributed by atoms with Crippen LogP contribution in [0.5, 0.6) is 0 Å². The number of aromatic nitrogens is 1. The van der Waals surface area contributed by atoms with Crippen LogP contribution in [0.25, 0.3) is 0 Å². The number of fused-ring (bicyclic) bond motifs is 1. The van der Waals surface area contributed by atoms with E-state index in [1.165, 1.54) is 11.8 Å². The molecule has 4 N–H and O–H groups in total. The van der Waals surface area contributed by atoms with Crippen LogP contribution in [0.15, 0.2) is 48.7 Å².